The molecule has 2 atom stereocenters. The van der Waals surface area contributed by atoms with Gasteiger partial charge in [-0.15, -0.1) is 0 Å². The number of methoxy groups -OCH3 is 2. The molecule has 0 aliphatic heterocycles. The molecule has 8 nitrogen and oxygen atoms in total. The molecule has 1 heterocycles. The number of aromatic nitrogens is 3. The van der Waals surface area contributed by atoms with Gasteiger partial charge in [0.25, 0.3) is 0 Å². The van der Waals surface area contributed by atoms with E-state index in [4.69, 9.17) is 24.4 Å². The first-order valence-corrected chi connectivity index (χ1v) is 14.7. The van der Waals surface area contributed by atoms with Crippen LogP contribution < -0.4 is 4.74 Å². The maximum absolute atomic E-state index is 8.98. The van der Waals surface area contributed by atoms with E-state index < -0.39 is 11.7 Å². The Morgan fingerprint density at radius 2 is 1.48 bits per heavy atom. The van der Waals surface area contributed by atoms with E-state index >= 15 is 0 Å². The van der Waals surface area contributed by atoms with Gasteiger partial charge in [0, 0.05) is 30.9 Å². The maximum atomic E-state index is 8.98. The molecule has 5 aromatic carbocycles. The zero-order chi connectivity index (χ0) is 30.4. The third-order valence-corrected chi connectivity index (χ3v) is 8.50. The van der Waals surface area contributed by atoms with E-state index in [9.17, 15) is 0 Å². The monoisotopic (exact) mass is 584 g/mol. The van der Waals surface area contributed by atoms with Crippen molar-refractivity contribution in [1.82, 2.24) is 15.0 Å². The van der Waals surface area contributed by atoms with E-state index in [0.717, 1.165) is 16.5 Å². The Labute approximate surface area is 255 Å². The average Bonchev–Trinajstić information content (AvgIpc) is 3.07. The van der Waals surface area contributed by atoms with E-state index in [1.54, 1.807) is 20.3 Å². The minimum absolute atomic E-state index is 0.224. The molecule has 0 spiro atoms. The molecule has 0 radical (unpaired) electrons. The predicted octanol–water partition coefficient (Wildman–Crippen LogP) is 7.10. The first-order valence-electron chi connectivity index (χ1n) is 14.7. The number of rotatable bonds is 9. The molecular formula is C36H32N4O4. The molecule has 1 aliphatic carbocycles. The Hall–Kier alpha value is -4.92. The molecule has 220 valence electrons. The van der Waals surface area contributed by atoms with Crippen LogP contribution in [-0.4, -0.2) is 48.1 Å². The van der Waals surface area contributed by atoms with Crippen molar-refractivity contribution in [3.8, 4) is 5.75 Å². The van der Waals surface area contributed by atoms with E-state index in [1.807, 2.05) is 26.0 Å². The van der Waals surface area contributed by atoms with E-state index in [-0.39, 0.29) is 5.71 Å². The van der Waals surface area contributed by atoms with Gasteiger partial charge >= 0.3 is 0 Å². The smallest absolute Gasteiger partial charge is 0.223 e. The summed E-state index contributed by atoms with van der Waals surface area (Å²) in [6, 6.07) is 23.4. The average molecular weight is 585 g/mol. The fourth-order valence-corrected chi connectivity index (χ4v) is 6.69. The number of ether oxygens (including phenoxy) is 4. The standard InChI is InChI=1S/C36H32N4O4/c1-5-43-34-26(16-17-27-32(34)36(42-4,44-6-2)18-28(41-3)33(27)37)31(35-39-19-38-20-40-35)25-15-13-23-11-10-21-8-7-9-22-12-14-24(25)30(23)29(21)22/h7-20,31,37H,5-6H2,1-4H3. The summed E-state index contributed by atoms with van der Waals surface area (Å²) >= 11 is 0. The second kappa shape index (κ2) is 11.0. The third kappa shape index (κ3) is 4.13. The van der Waals surface area contributed by atoms with Crippen LogP contribution in [0.15, 0.2) is 91.2 Å². The number of hydrogen-bond donors (Lipinski definition) is 1. The Morgan fingerprint density at radius 1 is 0.795 bits per heavy atom. The topological polar surface area (TPSA) is 99.4 Å². The van der Waals surface area contributed by atoms with Gasteiger partial charge in [-0.25, -0.2) is 15.0 Å². The molecule has 6 aromatic rings. The number of hydrogen-bond acceptors (Lipinski definition) is 8. The molecule has 0 saturated heterocycles. The van der Waals surface area contributed by atoms with Gasteiger partial charge in [0.1, 0.15) is 35.7 Å². The molecule has 1 aliphatic rings. The van der Waals surface area contributed by atoms with Crippen LogP contribution in [0, 0.1) is 5.41 Å². The second-order valence-electron chi connectivity index (χ2n) is 10.7. The summed E-state index contributed by atoms with van der Waals surface area (Å²) in [5.74, 6) is -0.273. The first kappa shape index (κ1) is 27.9. The summed E-state index contributed by atoms with van der Waals surface area (Å²) < 4.78 is 24.5. The normalized spacial score (nSPS) is 17.2. The van der Waals surface area contributed by atoms with Crippen LogP contribution in [0.4, 0.5) is 0 Å². The largest absolute Gasteiger partial charge is 0.495 e. The van der Waals surface area contributed by atoms with Crippen molar-refractivity contribution in [3.63, 3.8) is 0 Å². The summed E-state index contributed by atoms with van der Waals surface area (Å²) in [7, 11) is 3.13. The number of fused-ring (bicyclic) bond motifs is 1. The minimum atomic E-state index is -1.34. The zero-order valence-electron chi connectivity index (χ0n) is 25.0. The molecule has 44 heavy (non-hydrogen) atoms. The summed E-state index contributed by atoms with van der Waals surface area (Å²) in [4.78, 5) is 13.5. The van der Waals surface area contributed by atoms with Gasteiger partial charge in [-0.2, -0.15) is 0 Å². The number of nitrogens with one attached hydrogen (secondary N) is 1. The molecule has 8 heteroatoms. The molecule has 1 N–H and O–H groups in total. The predicted molar refractivity (Wildman–Crippen MR) is 171 cm³/mol. The highest BCUT2D eigenvalue weighted by molar-refractivity contribution is 6.23. The Kier molecular flexibility index (Phi) is 6.95. The summed E-state index contributed by atoms with van der Waals surface area (Å²) in [5.41, 5.74) is 3.30. The zero-order valence-corrected chi connectivity index (χ0v) is 25.0. The van der Waals surface area contributed by atoms with Crippen molar-refractivity contribution in [2.45, 2.75) is 25.6 Å². The van der Waals surface area contributed by atoms with Crippen LogP contribution in [0.25, 0.3) is 32.3 Å². The van der Waals surface area contributed by atoms with Crippen LogP contribution >= 0.6 is 0 Å². The van der Waals surface area contributed by atoms with Crippen molar-refractivity contribution < 1.29 is 18.9 Å². The quantitative estimate of drug-likeness (QED) is 0.143. The molecule has 2 unspecified atom stereocenters. The van der Waals surface area contributed by atoms with Crippen molar-refractivity contribution in [2.24, 2.45) is 0 Å². The SMILES string of the molecule is CCOc1c(C(c2ncncn2)c2ccc3ccc4cccc5ccc2c3c45)ccc2c1C(OC)(OCC)C=C(OC)C2=N. The van der Waals surface area contributed by atoms with Crippen LogP contribution in [0.5, 0.6) is 5.75 Å². The molecule has 0 saturated carbocycles. The highest BCUT2D eigenvalue weighted by atomic mass is 16.7. The molecule has 7 rings (SSSR count). The van der Waals surface area contributed by atoms with Crippen LogP contribution in [0.1, 0.15) is 47.8 Å². The van der Waals surface area contributed by atoms with Gasteiger partial charge in [0.05, 0.1) is 25.2 Å². The lowest BCUT2D eigenvalue weighted by atomic mass is 9.80. The van der Waals surface area contributed by atoms with Crippen LogP contribution in [0.2, 0.25) is 0 Å². The Balaban J connectivity index is 1.57. The molecule has 0 amide bonds. The van der Waals surface area contributed by atoms with Gasteiger partial charge in [0.2, 0.25) is 5.79 Å². The summed E-state index contributed by atoms with van der Waals surface area (Å²) in [6.07, 6.45) is 4.75. The van der Waals surface area contributed by atoms with Gasteiger partial charge in [-0.1, -0.05) is 66.7 Å². The molecular weight excluding hydrogens is 552 g/mol. The highest BCUT2D eigenvalue weighted by Gasteiger charge is 2.44. The summed E-state index contributed by atoms with van der Waals surface area (Å²) in [6.45, 7) is 4.59. The molecule has 0 bridgehead atoms. The fourth-order valence-electron chi connectivity index (χ4n) is 6.69. The van der Waals surface area contributed by atoms with Gasteiger partial charge in [-0.3, -0.25) is 5.41 Å². The van der Waals surface area contributed by atoms with Gasteiger partial charge in [0.15, 0.2) is 0 Å². The van der Waals surface area contributed by atoms with Crippen LogP contribution in [0.3, 0.4) is 0 Å². The maximum Gasteiger partial charge on any atom is 0.223 e. The van der Waals surface area contributed by atoms with Crippen molar-refractivity contribution in [1.29, 1.82) is 5.41 Å². The molecule has 0 fully saturated rings. The number of allylic oxidation sites excluding steroid dienone is 1. The van der Waals surface area contributed by atoms with Crippen LogP contribution in [-0.2, 0) is 20.0 Å². The van der Waals surface area contributed by atoms with Crippen molar-refractivity contribution >= 4 is 38.0 Å². The number of nitrogens with zero attached hydrogens (tertiary/aromatic N) is 3. The fraction of sp³-hybridized carbons (Fsp3) is 0.222. The first-order chi connectivity index (χ1) is 21.5. The third-order valence-electron chi connectivity index (χ3n) is 8.50. The lowest BCUT2D eigenvalue weighted by molar-refractivity contribution is -0.196. The van der Waals surface area contributed by atoms with Crippen molar-refractivity contribution in [3.05, 3.63) is 119 Å². The molecule has 1 aromatic heterocycles. The Morgan fingerprint density at radius 3 is 2.16 bits per heavy atom. The Bertz CT molecular complexity index is 2040. The van der Waals surface area contributed by atoms with E-state index in [0.29, 0.717) is 41.7 Å². The van der Waals surface area contributed by atoms with Gasteiger partial charge < -0.3 is 18.9 Å². The number of benzene rings is 5. The second-order valence-corrected chi connectivity index (χ2v) is 10.7. The lowest BCUT2D eigenvalue weighted by Gasteiger charge is -2.37. The van der Waals surface area contributed by atoms with E-state index in [2.05, 4.69) is 69.5 Å². The highest BCUT2D eigenvalue weighted by Crippen LogP contribution is 2.49. The van der Waals surface area contributed by atoms with Crippen molar-refractivity contribution in [2.75, 3.05) is 27.4 Å². The minimum Gasteiger partial charge on any atom is -0.495 e. The lowest BCUT2D eigenvalue weighted by Crippen LogP contribution is -2.37. The van der Waals surface area contributed by atoms with Gasteiger partial charge in [-0.05, 0) is 51.7 Å². The summed E-state index contributed by atoms with van der Waals surface area (Å²) in [5, 5.41) is 16.1. The van der Waals surface area contributed by atoms with E-state index in [1.165, 1.54) is 39.6 Å².